The lowest BCUT2D eigenvalue weighted by Crippen LogP contribution is -2.50. The minimum absolute atomic E-state index is 0.0558. The molecule has 0 aliphatic heterocycles. The summed E-state index contributed by atoms with van der Waals surface area (Å²) in [4.78, 5) is 36.9. The molecule has 8 heteroatoms. The number of unbranched alkanes of at least 4 members (excludes halogenated alkanes) is 19. The summed E-state index contributed by atoms with van der Waals surface area (Å²) in [7, 11) is 5.52. The molecule has 0 amide bonds. The first kappa shape index (κ1) is 54.3. The zero-order chi connectivity index (χ0) is 42.1. The molecule has 0 radical (unpaired) electrons. The summed E-state index contributed by atoms with van der Waals surface area (Å²) in [5.74, 6) is -1.48. The normalized spacial score (nSPS) is 13.4. The number of aliphatic carboxylic acids is 1. The molecule has 0 aliphatic rings. The molecule has 2 unspecified atom stereocenters. The molecule has 0 fully saturated rings. The maximum atomic E-state index is 12.7. The van der Waals surface area contributed by atoms with Crippen molar-refractivity contribution in [3.8, 4) is 0 Å². The quantitative estimate of drug-likeness (QED) is 0.0284. The van der Waals surface area contributed by atoms with Crippen LogP contribution in [0.1, 0.15) is 194 Å². The molecular formula is C49H88NO7+. The van der Waals surface area contributed by atoms with Crippen LogP contribution in [0.5, 0.6) is 0 Å². The monoisotopic (exact) mass is 803 g/mol. The number of quaternary nitrogens is 1. The van der Waals surface area contributed by atoms with Gasteiger partial charge in [0, 0.05) is 19.3 Å². The van der Waals surface area contributed by atoms with Crippen molar-refractivity contribution < 1.29 is 38.2 Å². The van der Waals surface area contributed by atoms with Crippen LogP contribution in [-0.4, -0.2) is 80.6 Å². The van der Waals surface area contributed by atoms with E-state index >= 15 is 0 Å². The van der Waals surface area contributed by atoms with E-state index in [1.807, 2.05) is 21.1 Å². The Morgan fingerprint density at radius 1 is 0.544 bits per heavy atom. The molecule has 0 aliphatic carbocycles. The van der Waals surface area contributed by atoms with Crippen molar-refractivity contribution in [2.75, 3.05) is 41.0 Å². The van der Waals surface area contributed by atoms with E-state index in [1.165, 1.54) is 83.5 Å². The SMILES string of the molecule is CC/C=C/C/C=C/C/C=C/CCCCCCCCCCCCCCCC(=O)OCC(COCCC(C(=O)O)[N+](C)(C)C)OC(=O)CCCCCC/C=C/CCCC. The fourth-order valence-electron chi connectivity index (χ4n) is 6.62. The van der Waals surface area contributed by atoms with E-state index in [2.05, 4.69) is 62.5 Å². The largest absolute Gasteiger partial charge is 0.477 e. The maximum absolute atomic E-state index is 12.7. The number of likely N-dealkylation sites (N-methyl/N-ethyl adjacent to an activating group) is 1. The fourth-order valence-corrected chi connectivity index (χ4v) is 6.62. The Kier molecular flexibility index (Phi) is 38.2. The molecule has 0 saturated carbocycles. The first-order valence-corrected chi connectivity index (χ1v) is 23.2. The molecule has 0 aromatic carbocycles. The van der Waals surface area contributed by atoms with Gasteiger partial charge in [-0.1, -0.05) is 159 Å². The van der Waals surface area contributed by atoms with Gasteiger partial charge < -0.3 is 23.8 Å². The molecule has 0 spiro atoms. The topological polar surface area (TPSA) is 99.1 Å². The second-order valence-corrected chi connectivity index (χ2v) is 16.6. The van der Waals surface area contributed by atoms with E-state index < -0.39 is 18.1 Å². The summed E-state index contributed by atoms with van der Waals surface area (Å²) in [6.07, 6.45) is 47.4. The Morgan fingerprint density at radius 2 is 0.982 bits per heavy atom. The number of carboxylic acid groups (broad SMARTS) is 1. The van der Waals surface area contributed by atoms with Crippen LogP contribution in [0.15, 0.2) is 48.6 Å². The van der Waals surface area contributed by atoms with Gasteiger partial charge in [0.15, 0.2) is 12.1 Å². The Hall–Kier alpha value is -2.71. The van der Waals surface area contributed by atoms with Crippen LogP contribution in [0.4, 0.5) is 0 Å². The smallest absolute Gasteiger partial charge is 0.362 e. The number of hydrogen-bond donors (Lipinski definition) is 1. The molecule has 57 heavy (non-hydrogen) atoms. The van der Waals surface area contributed by atoms with Crippen LogP contribution in [0.2, 0.25) is 0 Å². The molecule has 0 aromatic heterocycles. The number of carboxylic acids is 1. The predicted octanol–water partition coefficient (Wildman–Crippen LogP) is 12.8. The standard InChI is InChI=1S/C49H87NO7/c1-6-8-10-12-14-16-18-19-20-21-22-23-24-25-26-27-28-29-30-32-33-35-37-39-47(51)56-44-45(43-55-42-41-46(49(53)54)50(3,4)5)57-48(52)40-38-36-34-31-17-15-13-11-9-7-2/h8,10,13-16,19-20,45-46H,6-7,9,11-12,17-18,21-44H2,1-5H3/p+1/b10-8+,15-13+,16-14+,20-19+. The Balaban J connectivity index is 4.16. The summed E-state index contributed by atoms with van der Waals surface area (Å²) < 4.78 is 17.3. The first-order valence-electron chi connectivity index (χ1n) is 23.2. The molecule has 0 aromatic rings. The molecule has 0 rings (SSSR count). The highest BCUT2D eigenvalue weighted by atomic mass is 16.6. The summed E-state index contributed by atoms with van der Waals surface area (Å²) in [6, 6.07) is -0.616. The van der Waals surface area contributed by atoms with Crippen molar-refractivity contribution in [2.45, 2.75) is 206 Å². The van der Waals surface area contributed by atoms with Crippen LogP contribution in [0.25, 0.3) is 0 Å². The van der Waals surface area contributed by atoms with Gasteiger partial charge in [-0.25, -0.2) is 4.79 Å². The first-order chi connectivity index (χ1) is 27.6. The number of rotatable bonds is 41. The van der Waals surface area contributed by atoms with Crippen LogP contribution in [0.3, 0.4) is 0 Å². The van der Waals surface area contributed by atoms with E-state index in [9.17, 15) is 19.5 Å². The molecule has 8 nitrogen and oxygen atoms in total. The number of carbonyl (C=O) groups is 3. The molecular weight excluding hydrogens is 715 g/mol. The van der Waals surface area contributed by atoms with E-state index in [-0.39, 0.29) is 36.2 Å². The number of ether oxygens (including phenoxy) is 3. The van der Waals surface area contributed by atoms with Crippen LogP contribution in [0, 0.1) is 0 Å². The summed E-state index contributed by atoms with van der Waals surface area (Å²) in [5, 5.41) is 9.61. The summed E-state index contributed by atoms with van der Waals surface area (Å²) >= 11 is 0. The van der Waals surface area contributed by atoms with Crippen molar-refractivity contribution in [3.63, 3.8) is 0 Å². The highest BCUT2D eigenvalue weighted by Gasteiger charge is 2.31. The number of nitrogens with zero attached hydrogens (tertiary/aromatic N) is 1. The third-order valence-corrected chi connectivity index (χ3v) is 10.2. The van der Waals surface area contributed by atoms with Gasteiger partial charge >= 0.3 is 17.9 Å². The van der Waals surface area contributed by atoms with Crippen molar-refractivity contribution in [3.05, 3.63) is 48.6 Å². The van der Waals surface area contributed by atoms with E-state index in [1.54, 1.807) is 0 Å². The molecule has 330 valence electrons. The lowest BCUT2D eigenvalue weighted by molar-refractivity contribution is -0.887. The Labute approximate surface area is 350 Å². The van der Waals surface area contributed by atoms with Gasteiger partial charge in [0.05, 0.1) is 34.4 Å². The Morgan fingerprint density at radius 3 is 1.47 bits per heavy atom. The predicted molar refractivity (Wildman–Crippen MR) is 238 cm³/mol. The zero-order valence-electron chi connectivity index (χ0n) is 37.5. The molecule has 2 atom stereocenters. The summed E-state index contributed by atoms with van der Waals surface area (Å²) in [6.45, 7) is 4.57. The van der Waals surface area contributed by atoms with Gasteiger partial charge in [-0.15, -0.1) is 0 Å². The van der Waals surface area contributed by atoms with Crippen LogP contribution in [-0.2, 0) is 28.6 Å². The highest BCUT2D eigenvalue weighted by molar-refractivity contribution is 5.72. The second kappa shape index (κ2) is 40.1. The number of hydrogen-bond acceptors (Lipinski definition) is 6. The van der Waals surface area contributed by atoms with Crippen molar-refractivity contribution in [1.82, 2.24) is 0 Å². The minimum atomic E-state index is -0.878. The third kappa shape index (κ3) is 38.6. The molecule has 1 N–H and O–H groups in total. The van der Waals surface area contributed by atoms with Gasteiger partial charge in [-0.05, 0) is 64.2 Å². The van der Waals surface area contributed by atoms with Crippen molar-refractivity contribution in [1.29, 1.82) is 0 Å². The summed E-state index contributed by atoms with van der Waals surface area (Å²) in [5.41, 5.74) is 0. The molecule has 0 bridgehead atoms. The van der Waals surface area contributed by atoms with Gasteiger partial charge in [0.25, 0.3) is 0 Å². The average molecular weight is 803 g/mol. The minimum Gasteiger partial charge on any atom is -0.477 e. The third-order valence-electron chi connectivity index (χ3n) is 10.2. The van der Waals surface area contributed by atoms with Gasteiger partial charge in [0.2, 0.25) is 0 Å². The van der Waals surface area contributed by atoms with E-state index in [4.69, 9.17) is 14.2 Å². The lowest BCUT2D eigenvalue weighted by atomic mass is 10.0. The second-order valence-electron chi connectivity index (χ2n) is 16.6. The zero-order valence-corrected chi connectivity index (χ0v) is 37.5. The van der Waals surface area contributed by atoms with Gasteiger partial charge in [0.1, 0.15) is 6.61 Å². The molecule has 0 heterocycles. The fraction of sp³-hybridized carbons (Fsp3) is 0.776. The van der Waals surface area contributed by atoms with E-state index in [0.29, 0.717) is 19.3 Å². The van der Waals surface area contributed by atoms with Gasteiger partial charge in [-0.3, -0.25) is 9.59 Å². The Bertz CT molecular complexity index is 1070. The van der Waals surface area contributed by atoms with Crippen molar-refractivity contribution in [2.24, 2.45) is 0 Å². The van der Waals surface area contributed by atoms with Crippen LogP contribution >= 0.6 is 0 Å². The maximum Gasteiger partial charge on any atom is 0.362 e. The number of allylic oxidation sites excluding steroid dienone is 8. The van der Waals surface area contributed by atoms with Gasteiger partial charge in [-0.2, -0.15) is 0 Å². The van der Waals surface area contributed by atoms with Crippen LogP contribution < -0.4 is 0 Å². The van der Waals surface area contributed by atoms with Crippen molar-refractivity contribution >= 4 is 17.9 Å². The number of esters is 2. The average Bonchev–Trinajstić information content (AvgIpc) is 3.17. The lowest BCUT2D eigenvalue weighted by Gasteiger charge is -2.31. The molecule has 0 saturated heterocycles. The highest BCUT2D eigenvalue weighted by Crippen LogP contribution is 2.15. The number of carbonyl (C=O) groups excluding carboxylic acids is 2. The van der Waals surface area contributed by atoms with E-state index in [0.717, 1.165) is 77.0 Å².